The van der Waals surface area contributed by atoms with E-state index in [1.807, 2.05) is 12.1 Å². The van der Waals surface area contributed by atoms with Gasteiger partial charge in [-0.3, -0.25) is 0 Å². The molecule has 3 rings (SSSR count). The van der Waals surface area contributed by atoms with Crippen LogP contribution in [-0.4, -0.2) is 17.3 Å². The molecule has 1 saturated heterocycles. The predicted molar refractivity (Wildman–Crippen MR) is 63.5 cm³/mol. The van der Waals surface area contributed by atoms with Crippen LogP contribution in [0.1, 0.15) is 50.4 Å². The van der Waals surface area contributed by atoms with Crippen LogP contribution < -0.4 is 0 Å². The molecule has 1 aliphatic carbocycles. The molecule has 0 amide bonds. The van der Waals surface area contributed by atoms with Crippen molar-refractivity contribution < 1.29 is 14.3 Å². The van der Waals surface area contributed by atoms with Crippen molar-refractivity contribution in [1.29, 1.82) is 0 Å². The van der Waals surface area contributed by atoms with Crippen molar-refractivity contribution in [2.75, 3.05) is 6.61 Å². The standard InChI is InChI=1S/C14H20O3/c15-13(12-4-3-8-16-12)11-5-9-17-14(10-11)6-1-2-7-14/h3-4,8,11,13,15H,1-2,5-7,9-10H2. The van der Waals surface area contributed by atoms with Gasteiger partial charge in [0.05, 0.1) is 11.9 Å². The molecule has 1 aromatic heterocycles. The van der Waals surface area contributed by atoms with E-state index in [4.69, 9.17) is 9.15 Å². The van der Waals surface area contributed by atoms with Crippen LogP contribution in [0.15, 0.2) is 22.8 Å². The number of rotatable bonds is 2. The molecule has 0 aromatic carbocycles. The van der Waals surface area contributed by atoms with Crippen molar-refractivity contribution in [3.05, 3.63) is 24.2 Å². The maximum Gasteiger partial charge on any atom is 0.132 e. The molecule has 1 aromatic rings. The largest absolute Gasteiger partial charge is 0.467 e. The number of aliphatic hydroxyl groups excluding tert-OH is 1. The van der Waals surface area contributed by atoms with Gasteiger partial charge in [0, 0.05) is 6.61 Å². The number of aliphatic hydroxyl groups is 1. The average molecular weight is 236 g/mol. The Morgan fingerprint density at radius 2 is 2.18 bits per heavy atom. The summed E-state index contributed by atoms with van der Waals surface area (Å²) in [7, 11) is 0. The fraction of sp³-hybridized carbons (Fsp3) is 0.714. The lowest BCUT2D eigenvalue weighted by atomic mass is 9.81. The zero-order chi connectivity index (χ0) is 11.7. The Morgan fingerprint density at radius 3 is 2.88 bits per heavy atom. The van der Waals surface area contributed by atoms with Crippen LogP contribution in [0.25, 0.3) is 0 Å². The third kappa shape index (κ3) is 2.14. The van der Waals surface area contributed by atoms with E-state index in [0.29, 0.717) is 5.76 Å². The molecule has 17 heavy (non-hydrogen) atoms. The lowest BCUT2D eigenvalue weighted by molar-refractivity contribution is -0.115. The molecule has 3 heteroatoms. The minimum atomic E-state index is -0.466. The SMILES string of the molecule is OC(c1ccco1)C1CCOC2(CCCC2)C1. The molecule has 1 saturated carbocycles. The van der Waals surface area contributed by atoms with Crippen molar-refractivity contribution in [3.8, 4) is 0 Å². The van der Waals surface area contributed by atoms with Gasteiger partial charge in [-0.1, -0.05) is 12.8 Å². The maximum absolute atomic E-state index is 10.3. The zero-order valence-electron chi connectivity index (χ0n) is 10.1. The molecular formula is C14H20O3. The monoisotopic (exact) mass is 236 g/mol. The molecule has 0 radical (unpaired) electrons. The van der Waals surface area contributed by atoms with Crippen LogP contribution in [0.2, 0.25) is 0 Å². The van der Waals surface area contributed by atoms with E-state index in [9.17, 15) is 5.11 Å². The van der Waals surface area contributed by atoms with Gasteiger partial charge < -0.3 is 14.3 Å². The summed E-state index contributed by atoms with van der Waals surface area (Å²) >= 11 is 0. The summed E-state index contributed by atoms with van der Waals surface area (Å²) in [5.74, 6) is 0.984. The Morgan fingerprint density at radius 1 is 1.35 bits per heavy atom. The van der Waals surface area contributed by atoms with Crippen molar-refractivity contribution in [3.63, 3.8) is 0 Å². The highest BCUT2D eigenvalue weighted by Gasteiger charge is 2.42. The number of furan rings is 1. The number of hydrogen-bond acceptors (Lipinski definition) is 3. The first-order valence-electron chi connectivity index (χ1n) is 6.65. The van der Waals surface area contributed by atoms with Gasteiger partial charge in [0.2, 0.25) is 0 Å². The Kier molecular flexibility index (Phi) is 2.97. The second-order valence-corrected chi connectivity index (χ2v) is 5.45. The normalized spacial score (nSPS) is 29.6. The third-order valence-corrected chi connectivity index (χ3v) is 4.33. The first kappa shape index (κ1) is 11.3. The van der Waals surface area contributed by atoms with Gasteiger partial charge in [0.15, 0.2) is 0 Å². The van der Waals surface area contributed by atoms with Gasteiger partial charge >= 0.3 is 0 Å². The van der Waals surface area contributed by atoms with E-state index >= 15 is 0 Å². The van der Waals surface area contributed by atoms with Crippen LogP contribution in [0, 0.1) is 5.92 Å². The van der Waals surface area contributed by atoms with Gasteiger partial charge in [-0.15, -0.1) is 0 Å². The minimum Gasteiger partial charge on any atom is -0.467 e. The summed E-state index contributed by atoms with van der Waals surface area (Å²) in [4.78, 5) is 0. The van der Waals surface area contributed by atoms with Gasteiger partial charge in [-0.05, 0) is 43.7 Å². The molecule has 3 nitrogen and oxygen atoms in total. The van der Waals surface area contributed by atoms with E-state index in [1.165, 1.54) is 12.8 Å². The third-order valence-electron chi connectivity index (χ3n) is 4.33. The molecular weight excluding hydrogens is 216 g/mol. The molecule has 0 bridgehead atoms. The quantitative estimate of drug-likeness (QED) is 0.858. The predicted octanol–water partition coefficient (Wildman–Crippen LogP) is 3.05. The molecule has 2 atom stereocenters. The Labute approximate surface area is 102 Å². The van der Waals surface area contributed by atoms with Crippen molar-refractivity contribution in [2.24, 2.45) is 5.92 Å². The summed E-state index contributed by atoms with van der Waals surface area (Å²) in [5, 5.41) is 10.3. The second kappa shape index (κ2) is 4.46. The lowest BCUT2D eigenvalue weighted by Gasteiger charge is -2.39. The van der Waals surface area contributed by atoms with E-state index in [2.05, 4.69) is 0 Å². The number of ether oxygens (including phenoxy) is 1. The summed E-state index contributed by atoms with van der Waals surface area (Å²) < 4.78 is 11.3. The molecule has 1 aliphatic heterocycles. The molecule has 1 spiro atoms. The zero-order valence-corrected chi connectivity index (χ0v) is 10.1. The smallest absolute Gasteiger partial charge is 0.132 e. The Hall–Kier alpha value is -0.800. The van der Waals surface area contributed by atoms with E-state index < -0.39 is 6.10 Å². The van der Waals surface area contributed by atoms with Gasteiger partial charge in [-0.25, -0.2) is 0 Å². The fourth-order valence-corrected chi connectivity index (χ4v) is 3.39. The second-order valence-electron chi connectivity index (χ2n) is 5.45. The highest BCUT2D eigenvalue weighted by Crippen LogP contribution is 2.45. The average Bonchev–Trinajstić information content (AvgIpc) is 3.00. The summed E-state index contributed by atoms with van der Waals surface area (Å²) in [6.07, 6.45) is 7.93. The summed E-state index contributed by atoms with van der Waals surface area (Å²) in [5.41, 5.74) is 0.0660. The summed E-state index contributed by atoms with van der Waals surface area (Å²) in [6, 6.07) is 3.70. The highest BCUT2D eigenvalue weighted by molar-refractivity contribution is 5.05. The first-order valence-corrected chi connectivity index (χ1v) is 6.65. The first-order chi connectivity index (χ1) is 8.29. The molecule has 94 valence electrons. The summed E-state index contributed by atoms with van der Waals surface area (Å²) in [6.45, 7) is 0.780. The topological polar surface area (TPSA) is 42.6 Å². The van der Waals surface area contributed by atoms with E-state index in [0.717, 1.165) is 32.3 Å². The fourth-order valence-electron chi connectivity index (χ4n) is 3.39. The number of hydrogen-bond donors (Lipinski definition) is 1. The van der Waals surface area contributed by atoms with Crippen molar-refractivity contribution in [1.82, 2.24) is 0 Å². The van der Waals surface area contributed by atoms with Crippen LogP contribution in [0.3, 0.4) is 0 Å². The van der Waals surface area contributed by atoms with Crippen LogP contribution >= 0.6 is 0 Å². The molecule has 2 fully saturated rings. The minimum absolute atomic E-state index is 0.0660. The van der Waals surface area contributed by atoms with E-state index in [-0.39, 0.29) is 11.5 Å². The van der Waals surface area contributed by atoms with Crippen molar-refractivity contribution in [2.45, 2.75) is 50.2 Å². The lowest BCUT2D eigenvalue weighted by Crippen LogP contribution is -2.39. The molecule has 2 unspecified atom stereocenters. The molecule has 2 aliphatic rings. The van der Waals surface area contributed by atoms with Gasteiger partial charge in [-0.2, -0.15) is 0 Å². The van der Waals surface area contributed by atoms with E-state index in [1.54, 1.807) is 6.26 Å². The van der Waals surface area contributed by atoms with Crippen LogP contribution in [0.4, 0.5) is 0 Å². The van der Waals surface area contributed by atoms with Crippen molar-refractivity contribution >= 4 is 0 Å². The Balaban J connectivity index is 1.71. The maximum atomic E-state index is 10.3. The van der Waals surface area contributed by atoms with Gasteiger partial charge in [0.1, 0.15) is 11.9 Å². The molecule has 1 N–H and O–H groups in total. The Bertz CT molecular complexity index is 352. The van der Waals surface area contributed by atoms with Gasteiger partial charge in [0.25, 0.3) is 0 Å². The van der Waals surface area contributed by atoms with Crippen LogP contribution in [0.5, 0.6) is 0 Å². The molecule has 2 heterocycles. The highest BCUT2D eigenvalue weighted by atomic mass is 16.5. The van der Waals surface area contributed by atoms with Crippen LogP contribution in [-0.2, 0) is 4.74 Å².